The highest BCUT2D eigenvalue weighted by atomic mass is 32.2. The summed E-state index contributed by atoms with van der Waals surface area (Å²) in [5.41, 5.74) is 6.44. The Bertz CT molecular complexity index is 467. The van der Waals surface area contributed by atoms with Gasteiger partial charge >= 0.3 is 0 Å². The molecule has 0 saturated heterocycles. The zero-order chi connectivity index (χ0) is 12.1. The maximum absolute atomic E-state index is 5.63. The van der Waals surface area contributed by atoms with E-state index in [1.807, 2.05) is 47.6 Å². The third kappa shape index (κ3) is 3.67. The summed E-state index contributed by atoms with van der Waals surface area (Å²) in [7, 11) is 1.95. The van der Waals surface area contributed by atoms with Crippen LogP contribution in [0.1, 0.15) is 0 Å². The first kappa shape index (κ1) is 12.3. The summed E-state index contributed by atoms with van der Waals surface area (Å²) < 4.78 is 1.93. The van der Waals surface area contributed by atoms with Crippen LogP contribution in [0.4, 0.5) is 5.69 Å². The maximum Gasteiger partial charge on any atom is 0.190 e. The van der Waals surface area contributed by atoms with Crippen molar-refractivity contribution >= 4 is 29.2 Å². The second-order valence-corrected chi connectivity index (χ2v) is 5.72. The molecule has 0 unspecified atom stereocenters. The Morgan fingerprint density at radius 3 is 2.53 bits per heavy atom. The second-order valence-electron chi connectivity index (χ2n) is 3.49. The van der Waals surface area contributed by atoms with E-state index in [-0.39, 0.29) is 0 Å². The van der Waals surface area contributed by atoms with E-state index < -0.39 is 0 Å². The number of anilines is 1. The molecule has 1 aromatic carbocycles. The van der Waals surface area contributed by atoms with E-state index in [1.54, 1.807) is 18.1 Å². The van der Waals surface area contributed by atoms with Crippen LogP contribution >= 0.6 is 23.5 Å². The van der Waals surface area contributed by atoms with Crippen molar-refractivity contribution in [2.24, 2.45) is 7.05 Å². The third-order valence-electron chi connectivity index (χ3n) is 2.13. The van der Waals surface area contributed by atoms with Gasteiger partial charge in [0.2, 0.25) is 0 Å². The Balaban J connectivity index is 1.73. The molecule has 0 amide bonds. The fourth-order valence-electron chi connectivity index (χ4n) is 1.26. The number of rotatable bonds is 5. The Morgan fingerprint density at radius 1 is 1.18 bits per heavy atom. The van der Waals surface area contributed by atoms with Gasteiger partial charge in [0.25, 0.3) is 0 Å². The molecule has 0 atom stereocenters. The highest BCUT2D eigenvalue weighted by molar-refractivity contribution is 8.02. The van der Waals surface area contributed by atoms with Gasteiger partial charge in [-0.05, 0) is 24.3 Å². The van der Waals surface area contributed by atoms with E-state index in [0.29, 0.717) is 0 Å². The van der Waals surface area contributed by atoms with Crippen molar-refractivity contribution in [3.8, 4) is 0 Å². The molecule has 0 aliphatic carbocycles. The van der Waals surface area contributed by atoms with Gasteiger partial charge in [0.05, 0.1) is 0 Å². The molecule has 4 nitrogen and oxygen atoms in total. The van der Waals surface area contributed by atoms with Crippen LogP contribution in [0.15, 0.2) is 40.6 Å². The average molecular weight is 266 g/mol. The number of hydrogen-bond acceptors (Lipinski definition) is 5. The molecule has 0 saturated carbocycles. The normalized spacial score (nSPS) is 10.6. The number of nitrogen functional groups attached to an aromatic ring is 1. The molecule has 2 aromatic rings. The van der Waals surface area contributed by atoms with Crippen LogP contribution in [0, 0.1) is 0 Å². The molecule has 0 fully saturated rings. The van der Waals surface area contributed by atoms with E-state index >= 15 is 0 Å². The molecule has 1 heterocycles. The predicted octanol–water partition coefficient (Wildman–Crippen LogP) is 2.28. The third-order valence-corrected chi connectivity index (χ3v) is 4.44. The van der Waals surface area contributed by atoms with Gasteiger partial charge in [-0.25, -0.2) is 0 Å². The molecule has 1 aromatic heterocycles. The molecule has 0 aliphatic rings. The highest BCUT2D eigenvalue weighted by Gasteiger charge is 2.01. The van der Waals surface area contributed by atoms with Crippen LogP contribution in [-0.2, 0) is 7.05 Å². The number of aromatic nitrogens is 3. The van der Waals surface area contributed by atoms with E-state index in [9.17, 15) is 0 Å². The average Bonchev–Trinajstić information content (AvgIpc) is 2.73. The zero-order valence-corrected chi connectivity index (χ0v) is 11.2. The first-order chi connectivity index (χ1) is 8.25. The van der Waals surface area contributed by atoms with Crippen molar-refractivity contribution < 1.29 is 0 Å². The van der Waals surface area contributed by atoms with Gasteiger partial charge in [-0.15, -0.1) is 22.0 Å². The SMILES string of the molecule is Cn1cnnc1SCCSc1ccc(N)cc1. The van der Waals surface area contributed by atoms with Crippen LogP contribution in [0.5, 0.6) is 0 Å². The summed E-state index contributed by atoms with van der Waals surface area (Å²) in [6, 6.07) is 7.95. The van der Waals surface area contributed by atoms with Crippen LogP contribution in [-0.4, -0.2) is 26.3 Å². The van der Waals surface area contributed by atoms with Crippen LogP contribution in [0.2, 0.25) is 0 Å². The predicted molar refractivity (Wildman–Crippen MR) is 73.3 cm³/mol. The largest absolute Gasteiger partial charge is 0.399 e. The zero-order valence-electron chi connectivity index (χ0n) is 9.54. The van der Waals surface area contributed by atoms with Gasteiger partial charge < -0.3 is 10.3 Å². The first-order valence-electron chi connectivity index (χ1n) is 5.21. The lowest BCUT2D eigenvalue weighted by atomic mass is 10.3. The first-order valence-corrected chi connectivity index (χ1v) is 7.18. The number of benzene rings is 1. The van der Waals surface area contributed by atoms with Gasteiger partial charge in [0, 0.05) is 29.1 Å². The molecule has 6 heteroatoms. The molecule has 0 bridgehead atoms. The van der Waals surface area contributed by atoms with Crippen molar-refractivity contribution in [2.45, 2.75) is 10.1 Å². The highest BCUT2D eigenvalue weighted by Crippen LogP contribution is 2.22. The van der Waals surface area contributed by atoms with Crippen LogP contribution < -0.4 is 5.73 Å². The smallest absolute Gasteiger partial charge is 0.190 e. The molecule has 0 aliphatic heterocycles. The Kier molecular flexibility index (Phi) is 4.33. The van der Waals surface area contributed by atoms with Crippen molar-refractivity contribution in [2.75, 3.05) is 17.2 Å². The molecular formula is C11H14N4S2. The summed E-state index contributed by atoms with van der Waals surface area (Å²) in [6.45, 7) is 0. The molecule has 0 radical (unpaired) electrons. The lowest BCUT2D eigenvalue weighted by Gasteiger charge is -2.02. The number of aryl methyl sites for hydroxylation is 1. The van der Waals surface area contributed by atoms with Gasteiger partial charge in [-0.2, -0.15) is 0 Å². The summed E-state index contributed by atoms with van der Waals surface area (Å²) in [5, 5.41) is 8.82. The fraction of sp³-hybridized carbons (Fsp3) is 0.273. The standard InChI is InChI=1S/C11H14N4S2/c1-15-8-13-14-11(15)17-7-6-16-10-4-2-9(12)3-5-10/h2-5,8H,6-7,12H2,1H3. The van der Waals surface area contributed by atoms with Gasteiger partial charge in [0.1, 0.15) is 6.33 Å². The molecule has 90 valence electrons. The fourth-order valence-corrected chi connectivity index (χ4v) is 3.03. The lowest BCUT2D eigenvalue weighted by Crippen LogP contribution is -1.92. The monoisotopic (exact) mass is 266 g/mol. The van der Waals surface area contributed by atoms with E-state index in [2.05, 4.69) is 10.2 Å². The van der Waals surface area contributed by atoms with Crippen molar-refractivity contribution in [1.29, 1.82) is 0 Å². The van der Waals surface area contributed by atoms with Crippen molar-refractivity contribution in [1.82, 2.24) is 14.8 Å². The molecule has 2 N–H and O–H groups in total. The van der Waals surface area contributed by atoms with Crippen molar-refractivity contribution in [3.05, 3.63) is 30.6 Å². The molecule has 0 spiro atoms. The lowest BCUT2D eigenvalue weighted by molar-refractivity contribution is 0.789. The van der Waals surface area contributed by atoms with Crippen molar-refractivity contribution in [3.63, 3.8) is 0 Å². The Hall–Kier alpha value is -1.14. The summed E-state index contributed by atoms with van der Waals surface area (Å²) in [5.74, 6) is 2.06. The quantitative estimate of drug-likeness (QED) is 0.511. The van der Waals surface area contributed by atoms with E-state index in [1.165, 1.54) is 4.90 Å². The maximum atomic E-state index is 5.63. The minimum atomic E-state index is 0.808. The number of hydrogen-bond donors (Lipinski definition) is 1. The molecule has 17 heavy (non-hydrogen) atoms. The summed E-state index contributed by atoms with van der Waals surface area (Å²) in [4.78, 5) is 1.25. The van der Waals surface area contributed by atoms with E-state index in [0.717, 1.165) is 22.3 Å². The van der Waals surface area contributed by atoms with E-state index in [4.69, 9.17) is 5.73 Å². The minimum Gasteiger partial charge on any atom is -0.399 e. The summed E-state index contributed by atoms with van der Waals surface area (Å²) >= 11 is 3.54. The number of nitrogens with two attached hydrogens (primary N) is 1. The van der Waals surface area contributed by atoms with Crippen LogP contribution in [0.25, 0.3) is 0 Å². The second kappa shape index (κ2) is 5.97. The number of thioether (sulfide) groups is 2. The Morgan fingerprint density at radius 2 is 1.88 bits per heavy atom. The van der Waals surface area contributed by atoms with Crippen LogP contribution in [0.3, 0.4) is 0 Å². The summed E-state index contributed by atoms with van der Waals surface area (Å²) in [6.07, 6.45) is 1.72. The number of nitrogens with zero attached hydrogens (tertiary/aromatic N) is 3. The topological polar surface area (TPSA) is 56.7 Å². The van der Waals surface area contributed by atoms with Gasteiger partial charge in [0.15, 0.2) is 5.16 Å². The van der Waals surface area contributed by atoms with Gasteiger partial charge in [-0.3, -0.25) is 0 Å². The minimum absolute atomic E-state index is 0.808. The molecule has 2 rings (SSSR count). The Labute approximate surface area is 109 Å². The molecular weight excluding hydrogens is 252 g/mol. The van der Waals surface area contributed by atoms with Gasteiger partial charge in [-0.1, -0.05) is 11.8 Å².